The third-order valence-electron chi connectivity index (χ3n) is 4.19. The molecule has 1 heterocycles. The number of oxazole rings is 1. The molecule has 7 heteroatoms. The van der Waals surface area contributed by atoms with Crippen molar-refractivity contribution < 1.29 is 13.9 Å². The summed E-state index contributed by atoms with van der Waals surface area (Å²) in [6, 6.07) is 12.3. The van der Waals surface area contributed by atoms with Crippen LogP contribution >= 0.6 is 0 Å². The van der Waals surface area contributed by atoms with Gasteiger partial charge in [0, 0.05) is 18.8 Å². The highest BCUT2D eigenvalue weighted by Gasteiger charge is 2.15. The van der Waals surface area contributed by atoms with Crippen molar-refractivity contribution in [2.24, 2.45) is 0 Å². The van der Waals surface area contributed by atoms with E-state index in [1.165, 1.54) is 0 Å². The summed E-state index contributed by atoms with van der Waals surface area (Å²) in [6.45, 7) is 5.02. The average molecular weight is 383 g/mol. The van der Waals surface area contributed by atoms with E-state index in [9.17, 15) is 9.59 Å². The van der Waals surface area contributed by atoms with Crippen LogP contribution in [0.15, 0.2) is 51.7 Å². The summed E-state index contributed by atoms with van der Waals surface area (Å²) in [4.78, 5) is 26.9. The minimum atomic E-state index is -0.406. The number of hydrogen-bond acceptors (Lipinski definition) is 5. The first-order valence-corrected chi connectivity index (χ1v) is 9.20. The number of hydrogen-bond donors (Lipinski definition) is 1. The zero-order valence-electron chi connectivity index (χ0n) is 16.6. The Kier molecular flexibility index (Phi) is 5.84. The summed E-state index contributed by atoms with van der Waals surface area (Å²) in [7, 11) is 3.88. The first kappa shape index (κ1) is 19.7. The van der Waals surface area contributed by atoms with Gasteiger partial charge in [0.25, 0.3) is 5.91 Å². The Bertz CT molecular complexity index is 1030. The van der Waals surface area contributed by atoms with Gasteiger partial charge < -0.3 is 19.4 Å². The third kappa shape index (κ3) is 4.43. The lowest BCUT2D eigenvalue weighted by Crippen LogP contribution is -2.23. The fourth-order valence-corrected chi connectivity index (χ4v) is 2.86. The molecule has 1 aromatic heterocycles. The van der Waals surface area contributed by atoms with E-state index in [1.807, 2.05) is 38.9 Å². The number of nitrogens with zero attached hydrogens (tertiary/aromatic N) is 2. The molecule has 3 aromatic rings. The molecule has 0 unspecified atom stereocenters. The second-order valence-corrected chi connectivity index (χ2v) is 7.12. The number of carbonyl (C=O) groups excluding carboxylic acids is 1. The number of fused-ring (bicyclic) bond motifs is 1. The van der Waals surface area contributed by atoms with Gasteiger partial charge in [-0.25, -0.2) is 4.79 Å². The maximum Gasteiger partial charge on any atom is 0.419 e. The van der Waals surface area contributed by atoms with E-state index in [4.69, 9.17) is 9.15 Å². The maximum absolute atomic E-state index is 12.8. The quantitative estimate of drug-likeness (QED) is 0.678. The van der Waals surface area contributed by atoms with E-state index in [-0.39, 0.29) is 12.0 Å². The molecule has 148 valence electrons. The molecule has 0 atom stereocenters. The molecule has 0 radical (unpaired) electrons. The summed E-state index contributed by atoms with van der Waals surface area (Å²) in [5.74, 6) is -0.153. The molecule has 0 saturated heterocycles. The molecule has 2 aromatic carbocycles. The first-order valence-electron chi connectivity index (χ1n) is 9.20. The van der Waals surface area contributed by atoms with Crippen molar-refractivity contribution in [1.82, 2.24) is 9.47 Å². The van der Waals surface area contributed by atoms with Crippen LogP contribution in [0.1, 0.15) is 24.2 Å². The first-order chi connectivity index (χ1) is 13.3. The van der Waals surface area contributed by atoms with Gasteiger partial charge in [0.05, 0.1) is 17.2 Å². The van der Waals surface area contributed by atoms with Crippen LogP contribution in [0.25, 0.3) is 11.1 Å². The molecule has 0 aliphatic heterocycles. The van der Waals surface area contributed by atoms with E-state index in [0.717, 1.165) is 0 Å². The Morgan fingerprint density at radius 3 is 2.68 bits per heavy atom. The van der Waals surface area contributed by atoms with Crippen LogP contribution in [0, 0.1) is 0 Å². The van der Waals surface area contributed by atoms with Gasteiger partial charge in [0.2, 0.25) is 0 Å². The van der Waals surface area contributed by atoms with Gasteiger partial charge >= 0.3 is 5.76 Å². The molecule has 1 N–H and O–H groups in total. The van der Waals surface area contributed by atoms with Gasteiger partial charge in [-0.2, -0.15) is 0 Å². The highest BCUT2D eigenvalue weighted by molar-refractivity contribution is 6.06. The van der Waals surface area contributed by atoms with Crippen LogP contribution in [0.2, 0.25) is 0 Å². The summed E-state index contributed by atoms with van der Waals surface area (Å²) in [6.07, 6.45) is -0.0395. The van der Waals surface area contributed by atoms with Gasteiger partial charge in [-0.05, 0) is 58.3 Å². The number of carbonyl (C=O) groups is 1. The molecule has 0 aliphatic rings. The normalized spacial score (nSPS) is 11.4. The van der Waals surface area contributed by atoms with Gasteiger partial charge in [-0.1, -0.05) is 12.1 Å². The van der Waals surface area contributed by atoms with Gasteiger partial charge in [-0.15, -0.1) is 0 Å². The smallest absolute Gasteiger partial charge is 0.419 e. The molecule has 0 aliphatic carbocycles. The number of nitrogens with one attached hydrogen (secondary N) is 1. The molecule has 3 rings (SSSR count). The summed E-state index contributed by atoms with van der Waals surface area (Å²) in [5.41, 5.74) is 2.17. The van der Waals surface area contributed by atoms with Crippen molar-refractivity contribution >= 4 is 22.7 Å². The SMILES string of the molecule is CC(C)Oc1ccccc1C(=O)Nc1ccc2oc(=O)n(CCN(C)C)c2c1. The number of ether oxygens (including phenoxy) is 1. The second kappa shape index (κ2) is 8.31. The average Bonchev–Trinajstić information content (AvgIpc) is 2.94. The molecule has 0 spiro atoms. The minimum absolute atomic E-state index is 0.0395. The fourth-order valence-electron chi connectivity index (χ4n) is 2.86. The van der Waals surface area contributed by atoms with Crippen molar-refractivity contribution in [1.29, 1.82) is 0 Å². The number of amides is 1. The van der Waals surface area contributed by atoms with Crippen molar-refractivity contribution in [2.75, 3.05) is 26.0 Å². The van der Waals surface area contributed by atoms with Crippen molar-refractivity contribution in [3.63, 3.8) is 0 Å². The van der Waals surface area contributed by atoms with Crippen LogP contribution in [-0.2, 0) is 6.54 Å². The molecule has 7 nitrogen and oxygen atoms in total. The molecule has 0 fully saturated rings. The van der Waals surface area contributed by atoms with E-state index >= 15 is 0 Å². The lowest BCUT2D eigenvalue weighted by atomic mass is 10.1. The van der Waals surface area contributed by atoms with E-state index < -0.39 is 5.76 Å². The van der Waals surface area contributed by atoms with Crippen molar-refractivity contribution in [3.8, 4) is 5.75 Å². The zero-order chi connectivity index (χ0) is 20.3. The minimum Gasteiger partial charge on any atom is -0.490 e. The van der Waals surface area contributed by atoms with Crippen LogP contribution in [0.4, 0.5) is 5.69 Å². The number of anilines is 1. The monoisotopic (exact) mass is 383 g/mol. The van der Waals surface area contributed by atoms with Gasteiger partial charge in [-0.3, -0.25) is 9.36 Å². The maximum atomic E-state index is 12.8. The van der Waals surface area contributed by atoms with Crippen molar-refractivity contribution in [3.05, 3.63) is 58.6 Å². The predicted molar refractivity (Wildman–Crippen MR) is 109 cm³/mol. The molecular formula is C21H25N3O4. The summed E-state index contributed by atoms with van der Waals surface area (Å²) in [5, 5.41) is 2.88. The number of benzene rings is 2. The van der Waals surface area contributed by atoms with Crippen LogP contribution < -0.4 is 15.8 Å². The topological polar surface area (TPSA) is 76.7 Å². The molecule has 0 saturated carbocycles. The lowest BCUT2D eigenvalue weighted by Gasteiger charge is -2.14. The van der Waals surface area contributed by atoms with Crippen LogP contribution in [0.5, 0.6) is 5.75 Å². The number of para-hydroxylation sites is 1. The number of rotatable bonds is 7. The van der Waals surface area contributed by atoms with E-state index in [0.29, 0.717) is 41.2 Å². The zero-order valence-corrected chi connectivity index (χ0v) is 16.6. The van der Waals surface area contributed by atoms with E-state index in [2.05, 4.69) is 5.32 Å². The number of likely N-dealkylation sites (N-methyl/N-ethyl adjacent to an activating group) is 1. The Morgan fingerprint density at radius 1 is 1.21 bits per heavy atom. The van der Waals surface area contributed by atoms with E-state index in [1.54, 1.807) is 41.0 Å². The Hall–Kier alpha value is -3.06. The fraction of sp³-hybridized carbons (Fsp3) is 0.333. The molecular weight excluding hydrogens is 358 g/mol. The van der Waals surface area contributed by atoms with Crippen LogP contribution in [0.3, 0.4) is 0 Å². The van der Waals surface area contributed by atoms with Gasteiger partial charge in [0.15, 0.2) is 5.58 Å². The molecule has 0 bridgehead atoms. The molecule has 28 heavy (non-hydrogen) atoms. The van der Waals surface area contributed by atoms with Gasteiger partial charge in [0.1, 0.15) is 5.75 Å². The second-order valence-electron chi connectivity index (χ2n) is 7.12. The Labute approximate surface area is 163 Å². The Balaban J connectivity index is 1.88. The number of aromatic nitrogens is 1. The Morgan fingerprint density at radius 2 is 1.96 bits per heavy atom. The summed E-state index contributed by atoms with van der Waals surface area (Å²) >= 11 is 0. The highest BCUT2D eigenvalue weighted by atomic mass is 16.5. The summed E-state index contributed by atoms with van der Waals surface area (Å²) < 4.78 is 12.6. The molecule has 1 amide bonds. The predicted octanol–water partition coefficient (Wildman–Crippen LogP) is 3.20. The van der Waals surface area contributed by atoms with Crippen LogP contribution in [-0.4, -0.2) is 42.1 Å². The lowest BCUT2D eigenvalue weighted by molar-refractivity contribution is 0.102. The highest BCUT2D eigenvalue weighted by Crippen LogP contribution is 2.23. The standard InChI is InChI=1S/C21H25N3O4/c1-14(2)27-18-8-6-5-7-16(18)20(25)22-15-9-10-19-17(13-15)24(21(26)28-19)12-11-23(3)4/h5-10,13-14H,11-12H2,1-4H3,(H,22,25). The largest absolute Gasteiger partial charge is 0.490 e. The van der Waals surface area contributed by atoms with Crippen molar-refractivity contribution in [2.45, 2.75) is 26.5 Å². The third-order valence-corrected chi connectivity index (χ3v) is 4.19.